The van der Waals surface area contributed by atoms with Crippen LogP contribution in [0.1, 0.15) is 50.0 Å². The van der Waals surface area contributed by atoms with Crippen molar-refractivity contribution in [2.75, 3.05) is 24.5 Å². The highest BCUT2D eigenvalue weighted by Crippen LogP contribution is 2.18. The van der Waals surface area contributed by atoms with Crippen LogP contribution in [0.2, 0.25) is 0 Å². The van der Waals surface area contributed by atoms with Gasteiger partial charge < -0.3 is 10.2 Å². The third-order valence-corrected chi connectivity index (χ3v) is 3.62. The number of carbonyl (C=O) groups is 1. The standard InChI is InChI=1S/C16H25N3O/c1-13(2)11-18-16(20)15-8-7-14(12-17-15)19-9-5-3-4-6-10-19/h7-8,12-13H,3-6,9-11H2,1-2H3,(H,18,20). The molecule has 0 unspecified atom stereocenters. The van der Waals surface area contributed by atoms with Gasteiger partial charge in [0.25, 0.3) is 5.91 Å². The van der Waals surface area contributed by atoms with Gasteiger partial charge in [-0.1, -0.05) is 26.7 Å². The lowest BCUT2D eigenvalue weighted by Crippen LogP contribution is -2.28. The lowest BCUT2D eigenvalue weighted by molar-refractivity contribution is 0.0944. The minimum absolute atomic E-state index is 0.0823. The molecular formula is C16H25N3O. The van der Waals surface area contributed by atoms with Crippen LogP contribution in [0.25, 0.3) is 0 Å². The molecule has 0 bridgehead atoms. The van der Waals surface area contributed by atoms with Crippen molar-refractivity contribution >= 4 is 11.6 Å². The SMILES string of the molecule is CC(C)CNC(=O)c1ccc(N2CCCCCC2)cn1. The highest BCUT2D eigenvalue weighted by molar-refractivity contribution is 5.92. The summed E-state index contributed by atoms with van der Waals surface area (Å²) in [6.45, 7) is 7.04. The van der Waals surface area contributed by atoms with Gasteiger partial charge >= 0.3 is 0 Å². The number of rotatable bonds is 4. The third kappa shape index (κ3) is 4.22. The Labute approximate surface area is 121 Å². The number of amides is 1. The number of hydrogen-bond donors (Lipinski definition) is 1. The van der Waals surface area contributed by atoms with E-state index in [-0.39, 0.29) is 5.91 Å². The summed E-state index contributed by atoms with van der Waals surface area (Å²) >= 11 is 0. The number of hydrogen-bond acceptors (Lipinski definition) is 3. The zero-order valence-electron chi connectivity index (χ0n) is 12.6. The molecule has 1 amide bonds. The Kier molecular flexibility index (Phi) is 5.39. The van der Waals surface area contributed by atoms with E-state index in [9.17, 15) is 4.79 Å². The second kappa shape index (κ2) is 7.27. The number of anilines is 1. The van der Waals surface area contributed by atoms with Crippen LogP contribution in [0.4, 0.5) is 5.69 Å². The van der Waals surface area contributed by atoms with E-state index in [0.29, 0.717) is 18.2 Å². The maximum atomic E-state index is 11.9. The van der Waals surface area contributed by atoms with Crippen molar-refractivity contribution in [3.05, 3.63) is 24.0 Å². The first-order valence-electron chi connectivity index (χ1n) is 7.66. The molecule has 2 heterocycles. The second-order valence-electron chi connectivity index (χ2n) is 5.91. The average molecular weight is 275 g/mol. The Balaban J connectivity index is 1.96. The highest BCUT2D eigenvalue weighted by atomic mass is 16.1. The molecule has 1 saturated heterocycles. The van der Waals surface area contributed by atoms with Crippen LogP contribution in [-0.2, 0) is 0 Å². The first kappa shape index (κ1) is 14.8. The van der Waals surface area contributed by atoms with Crippen molar-refractivity contribution in [2.24, 2.45) is 5.92 Å². The summed E-state index contributed by atoms with van der Waals surface area (Å²) in [4.78, 5) is 18.6. The Morgan fingerprint density at radius 3 is 2.50 bits per heavy atom. The smallest absolute Gasteiger partial charge is 0.269 e. The molecule has 0 atom stereocenters. The van der Waals surface area contributed by atoms with Gasteiger partial charge in [0.2, 0.25) is 0 Å². The maximum Gasteiger partial charge on any atom is 0.269 e. The third-order valence-electron chi connectivity index (χ3n) is 3.62. The van der Waals surface area contributed by atoms with E-state index in [1.54, 1.807) is 0 Å². The van der Waals surface area contributed by atoms with Crippen LogP contribution >= 0.6 is 0 Å². The molecule has 1 aromatic heterocycles. The Morgan fingerprint density at radius 1 is 1.25 bits per heavy atom. The van der Waals surface area contributed by atoms with Gasteiger partial charge in [0.1, 0.15) is 5.69 Å². The van der Waals surface area contributed by atoms with E-state index in [1.807, 2.05) is 18.3 Å². The fraction of sp³-hybridized carbons (Fsp3) is 0.625. The molecule has 0 saturated carbocycles. The first-order valence-corrected chi connectivity index (χ1v) is 7.66. The molecule has 0 aliphatic carbocycles. The summed E-state index contributed by atoms with van der Waals surface area (Å²) in [5.41, 5.74) is 1.64. The van der Waals surface area contributed by atoms with Gasteiger partial charge in [0.05, 0.1) is 11.9 Å². The van der Waals surface area contributed by atoms with E-state index in [4.69, 9.17) is 0 Å². The predicted octanol–water partition coefficient (Wildman–Crippen LogP) is 2.85. The molecule has 0 radical (unpaired) electrons. The van der Waals surface area contributed by atoms with Crippen LogP contribution in [0.15, 0.2) is 18.3 Å². The van der Waals surface area contributed by atoms with E-state index < -0.39 is 0 Å². The van der Waals surface area contributed by atoms with Crippen LogP contribution in [0.5, 0.6) is 0 Å². The predicted molar refractivity (Wildman–Crippen MR) is 82.1 cm³/mol. The molecule has 1 N–H and O–H groups in total. The van der Waals surface area contributed by atoms with Gasteiger partial charge in [-0.05, 0) is 30.9 Å². The topological polar surface area (TPSA) is 45.2 Å². The monoisotopic (exact) mass is 275 g/mol. The number of pyridine rings is 1. The maximum absolute atomic E-state index is 11.9. The largest absolute Gasteiger partial charge is 0.370 e. The molecule has 1 aromatic rings. The van der Waals surface area contributed by atoms with Crippen LogP contribution < -0.4 is 10.2 Å². The number of carbonyl (C=O) groups excluding carboxylic acids is 1. The van der Waals surface area contributed by atoms with Crippen molar-refractivity contribution < 1.29 is 4.79 Å². The van der Waals surface area contributed by atoms with Crippen molar-refractivity contribution in [1.82, 2.24) is 10.3 Å². The molecule has 1 aliphatic rings. The van der Waals surface area contributed by atoms with Crippen molar-refractivity contribution in [2.45, 2.75) is 39.5 Å². The molecular weight excluding hydrogens is 250 g/mol. The number of aromatic nitrogens is 1. The highest BCUT2D eigenvalue weighted by Gasteiger charge is 2.12. The number of nitrogens with one attached hydrogen (secondary N) is 1. The molecule has 0 aromatic carbocycles. The van der Waals surface area contributed by atoms with Gasteiger partial charge in [-0.3, -0.25) is 4.79 Å². The molecule has 1 aliphatic heterocycles. The minimum Gasteiger partial charge on any atom is -0.370 e. The van der Waals surface area contributed by atoms with E-state index in [2.05, 4.69) is 29.0 Å². The van der Waals surface area contributed by atoms with Gasteiger partial charge in [-0.2, -0.15) is 0 Å². The Bertz CT molecular complexity index is 420. The van der Waals surface area contributed by atoms with E-state index >= 15 is 0 Å². The fourth-order valence-corrected chi connectivity index (χ4v) is 2.42. The van der Waals surface area contributed by atoms with Gasteiger partial charge in [-0.15, -0.1) is 0 Å². The average Bonchev–Trinajstić information content (AvgIpc) is 2.74. The van der Waals surface area contributed by atoms with Crippen molar-refractivity contribution in [3.63, 3.8) is 0 Å². The zero-order valence-corrected chi connectivity index (χ0v) is 12.6. The summed E-state index contributed by atoms with van der Waals surface area (Å²) in [5, 5.41) is 2.89. The lowest BCUT2D eigenvalue weighted by Gasteiger charge is -2.22. The van der Waals surface area contributed by atoms with Crippen LogP contribution in [0.3, 0.4) is 0 Å². The van der Waals surface area contributed by atoms with Gasteiger partial charge in [-0.25, -0.2) is 4.98 Å². The molecule has 1 fully saturated rings. The van der Waals surface area contributed by atoms with Gasteiger partial charge in [0.15, 0.2) is 0 Å². The molecule has 4 nitrogen and oxygen atoms in total. The summed E-state index contributed by atoms with van der Waals surface area (Å²) in [6, 6.07) is 3.85. The molecule has 20 heavy (non-hydrogen) atoms. The quantitative estimate of drug-likeness (QED) is 0.919. The summed E-state index contributed by atoms with van der Waals surface area (Å²) in [6.07, 6.45) is 6.96. The first-order chi connectivity index (χ1) is 9.66. The van der Waals surface area contributed by atoms with Crippen molar-refractivity contribution in [3.8, 4) is 0 Å². The fourth-order valence-electron chi connectivity index (χ4n) is 2.42. The zero-order chi connectivity index (χ0) is 14.4. The molecule has 2 rings (SSSR count). The van der Waals surface area contributed by atoms with Crippen molar-refractivity contribution in [1.29, 1.82) is 0 Å². The minimum atomic E-state index is -0.0823. The van der Waals surface area contributed by atoms with Crippen LogP contribution in [-0.4, -0.2) is 30.5 Å². The summed E-state index contributed by atoms with van der Waals surface area (Å²) < 4.78 is 0. The van der Waals surface area contributed by atoms with E-state index in [1.165, 1.54) is 25.7 Å². The summed E-state index contributed by atoms with van der Waals surface area (Å²) in [5.74, 6) is 0.372. The normalized spacial score (nSPS) is 16.1. The number of nitrogens with zero attached hydrogens (tertiary/aromatic N) is 2. The van der Waals surface area contributed by atoms with E-state index in [0.717, 1.165) is 18.8 Å². The molecule has 0 spiro atoms. The summed E-state index contributed by atoms with van der Waals surface area (Å²) in [7, 11) is 0. The Morgan fingerprint density at radius 2 is 1.95 bits per heavy atom. The second-order valence-corrected chi connectivity index (χ2v) is 5.91. The van der Waals surface area contributed by atoms with Crippen LogP contribution in [0, 0.1) is 5.92 Å². The molecule has 110 valence electrons. The molecule has 4 heteroatoms. The van der Waals surface area contributed by atoms with Gasteiger partial charge in [0, 0.05) is 19.6 Å². The Hall–Kier alpha value is -1.58. The lowest BCUT2D eigenvalue weighted by atomic mass is 10.2.